The van der Waals surface area contributed by atoms with E-state index in [0.29, 0.717) is 6.54 Å². The Morgan fingerprint density at radius 2 is 2.06 bits per heavy atom. The predicted molar refractivity (Wildman–Crippen MR) is 65.0 cm³/mol. The molecule has 4 nitrogen and oxygen atoms in total. The first-order valence-corrected chi connectivity index (χ1v) is 7.01. The van der Waals surface area contributed by atoms with Crippen LogP contribution in [-0.4, -0.2) is 30.8 Å². The minimum Gasteiger partial charge on any atom is -0.195 e. The van der Waals surface area contributed by atoms with E-state index in [-0.39, 0.29) is 6.04 Å². The fraction of sp³-hybridized carbons (Fsp3) is 0.818. The van der Waals surface area contributed by atoms with Gasteiger partial charge in [-0.25, -0.2) is 0 Å². The molecule has 92 valence electrons. The summed E-state index contributed by atoms with van der Waals surface area (Å²) in [5.74, 6) is 2.43. The van der Waals surface area contributed by atoms with Gasteiger partial charge in [-0.05, 0) is 33.6 Å². The van der Waals surface area contributed by atoms with E-state index in [1.54, 1.807) is 13.8 Å². The molecule has 0 bridgehead atoms. The molecular formula is C11H20N2O2S. The van der Waals surface area contributed by atoms with Crippen molar-refractivity contribution in [1.29, 1.82) is 0 Å². The molecule has 0 radical (unpaired) electrons. The molecule has 1 aliphatic rings. The lowest BCUT2D eigenvalue weighted by Gasteiger charge is -2.34. The Bertz CT molecular complexity index is 381. The highest BCUT2D eigenvalue weighted by Crippen LogP contribution is 2.20. The SMILES string of the molecule is C#CC(C)(C)NS(=O)(=O)N1CCCCC1C. The Kier molecular flexibility index (Phi) is 4.00. The van der Waals surface area contributed by atoms with Crippen molar-refractivity contribution in [3.8, 4) is 12.3 Å². The van der Waals surface area contributed by atoms with Crippen LogP contribution in [0, 0.1) is 12.3 Å². The smallest absolute Gasteiger partial charge is 0.195 e. The standard InChI is InChI=1S/C11H20N2O2S/c1-5-11(3,4)12-16(14,15)13-9-7-6-8-10(13)2/h1,10,12H,6-9H2,2-4H3. The largest absolute Gasteiger partial charge is 0.280 e. The lowest BCUT2D eigenvalue weighted by atomic mass is 10.1. The molecule has 0 amide bonds. The van der Waals surface area contributed by atoms with Crippen molar-refractivity contribution in [2.45, 2.75) is 51.6 Å². The van der Waals surface area contributed by atoms with E-state index >= 15 is 0 Å². The molecule has 1 atom stereocenters. The third kappa shape index (κ3) is 3.21. The second-order valence-corrected chi connectivity index (χ2v) is 6.46. The van der Waals surface area contributed by atoms with Gasteiger partial charge in [0.2, 0.25) is 0 Å². The maximum absolute atomic E-state index is 12.1. The van der Waals surface area contributed by atoms with Crippen LogP contribution in [0.1, 0.15) is 40.0 Å². The highest BCUT2D eigenvalue weighted by atomic mass is 32.2. The predicted octanol–water partition coefficient (Wildman–Crippen LogP) is 1.11. The zero-order chi connectivity index (χ0) is 12.4. The topological polar surface area (TPSA) is 49.4 Å². The molecule has 0 saturated carbocycles. The summed E-state index contributed by atoms with van der Waals surface area (Å²) in [5.41, 5.74) is -0.837. The molecule has 5 heteroatoms. The van der Waals surface area contributed by atoms with Crippen molar-refractivity contribution in [3.05, 3.63) is 0 Å². The van der Waals surface area contributed by atoms with Crippen molar-refractivity contribution in [2.75, 3.05) is 6.54 Å². The summed E-state index contributed by atoms with van der Waals surface area (Å²) < 4.78 is 28.2. The van der Waals surface area contributed by atoms with E-state index in [0.717, 1.165) is 19.3 Å². The molecule has 1 fully saturated rings. The highest BCUT2D eigenvalue weighted by molar-refractivity contribution is 7.87. The summed E-state index contributed by atoms with van der Waals surface area (Å²) in [5, 5.41) is 0. The van der Waals surface area contributed by atoms with Crippen LogP contribution in [0.25, 0.3) is 0 Å². The van der Waals surface area contributed by atoms with Crippen molar-refractivity contribution in [3.63, 3.8) is 0 Å². The number of hydrogen-bond acceptors (Lipinski definition) is 2. The molecule has 0 aliphatic carbocycles. The Morgan fingerprint density at radius 1 is 1.44 bits per heavy atom. The maximum Gasteiger partial charge on any atom is 0.280 e. The third-order valence-corrected chi connectivity index (χ3v) is 4.72. The summed E-state index contributed by atoms with van der Waals surface area (Å²) in [7, 11) is -3.46. The molecule has 1 rings (SSSR count). The second-order valence-electron chi connectivity index (χ2n) is 4.83. The van der Waals surface area contributed by atoms with Crippen LogP contribution in [-0.2, 0) is 10.2 Å². The van der Waals surface area contributed by atoms with Gasteiger partial charge in [-0.1, -0.05) is 12.3 Å². The second kappa shape index (κ2) is 4.74. The first kappa shape index (κ1) is 13.5. The lowest BCUT2D eigenvalue weighted by molar-refractivity contribution is 0.263. The van der Waals surface area contributed by atoms with Crippen molar-refractivity contribution >= 4 is 10.2 Å². The van der Waals surface area contributed by atoms with Crippen molar-refractivity contribution in [1.82, 2.24) is 9.03 Å². The van der Waals surface area contributed by atoms with Gasteiger partial charge in [0.05, 0.1) is 5.54 Å². The molecule has 1 unspecified atom stereocenters. The maximum atomic E-state index is 12.1. The van der Waals surface area contributed by atoms with Crippen LogP contribution in [0.15, 0.2) is 0 Å². The first-order valence-electron chi connectivity index (χ1n) is 5.57. The minimum atomic E-state index is -3.46. The Morgan fingerprint density at radius 3 is 2.56 bits per heavy atom. The molecule has 1 aliphatic heterocycles. The van der Waals surface area contributed by atoms with Gasteiger partial charge in [-0.2, -0.15) is 17.4 Å². The monoisotopic (exact) mass is 244 g/mol. The molecular weight excluding hydrogens is 224 g/mol. The van der Waals surface area contributed by atoms with E-state index in [9.17, 15) is 8.42 Å². The highest BCUT2D eigenvalue weighted by Gasteiger charge is 2.32. The first-order chi connectivity index (χ1) is 7.28. The van der Waals surface area contributed by atoms with Gasteiger partial charge in [0.15, 0.2) is 0 Å². The van der Waals surface area contributed by atoms with Gasteiger partial charge in [-0.3, -0.25) is 0 Å². The van der Waals surface area contributed by atoms with E-state index in [4.69, 9.17) is 6.42 Å². The van der Waals surface area contributed by atoms with Crippen molar-refractivity contribution in [2.24, 2.45) is 0 Å². The molecule has 0 aromatic carbocycles. The summed E-state index contributed by atoms with van der Waals surface area (Å²) in [6.07, 6.45) is 8.20. The lowest BCUT2D eigenvalue weighted by Crippen LogP contribution is -2.53. The Balaban J connectivity index is 2.82. The van der Waals surface area contributed by atoms with Gasteiger partial charge < -0.3 is 0 Å². The van der Waals surface area contributed by atoms with Gasteiger partial charge in [0.25, 0.3) is 10.2 Å². The fourth-order valence-corrected chi connectivity index (χ4v) is 3.61. The van der Waals surface area contributed by atoms with Crippen LogP contribution in [0.4, 0.5) is 0 Å². The van der Waals surface area contributed by atoms with Gasteiger partial charge in [0, 0.05) is 12.6 Å². The number of hydrogen-bond donors (Lipinski definition) is 1. The van der Waals surface area contributed by atoms with Crippen LogP contribution >= 0.6 is 0 Å². The molecule has 0 aromatic rings. The number of terminal acetylenes is 1. The van der Waals surface area contributed by atoms with Crippen LogP contribution in [0.2, 0.25) is 0 Å². The average Bonchev–Trinajstić information content (AvgIpc) is 2.16. The van der Waals surface area contributed by atoms with Gasteiger partial charge in [-0.15, -0.1) is 6.42 Å². The summed E-state index contributed by atoms with van der Waals surface area (Å²) in [6.45, 7) is 5.87. The molecule has 1 N–H and O–H groups in total. The summed E-state index contributed by atoms with van der Waals surface area (Å²) in [6, 6.07) is 0.0554. The van der Waals surface area contributed by atoms with E-state index in [1.165, 1.54) is 4.31 Å². The summed E-state index contributed by atoms with van der Waals surface area (Å²) in [4.78, 5) is 0. The van der Waals surface area contributed by atoms with Crippen LogP contribution in [0.5, 0.6) is 0 Å². The zero-order valence-corrected chi connectivity index (χ0v) is 11.0. The molecule has 0 spiro atoms. The van der Waals surface area contributed by atoms with Crippen LogP contribution in [0.3, 0.4) is 0 Å². The van der Waals surface area contributed by atoms with Crippen molar-refractivity contribution < 1.29 is 8.42 Å². The summed E-state index contributed by atoms with van der Waals surface area (Å²) >= 11 is 0. The number of rotatable bonds is 3. The van der Waals surface area contributed by atoms with E-state index < -0.39 is 15.7 Å². The third-order valence-electron chi connectivity index (χ3n) is 2.80. The van der Waals surface area contributed by atoms with Gasteiger partial charge >= 0.3 is 0 Å². The Labute approximate surface area is 98.6 Å². The fourth-order valence-electron chi connectivity index (χ4n) is 1.84. The average molecular weight is 244 g/mol. The van der Waals surface area contributed by atoms with Crippen LogP contribution < -0.4 is 4.72 Å². The molecule has 1 saturated heterocycles. The number of piperidine rings is 1. The zero-order valence-electron chi connectivity index (χ0n) is 10.2. The molecule has 1 heterocycles. The molecule has 0 aromatic heterocycles. The number of nitrogens with zero attached hydrogens (tertiary/aromatic N) is 1. The minimum absolute atomic E-state index is 0.0554. The van der Waals surface area contributed by atoms with E-state index in [1.807, 2.05) is 6.92 Å². The van der Waals surface area contributed by atoms with E-state index in [2.05, 4.69) is 10.6 Å². The quantitative estimate of drug-likeness (QED) is 0.756. The molecule has 16 heavy (non-hydrogen) atoms. The van der Waals surface area contributed by atoms with Gasteiger partial charge in [0.1, 0.15) is 0 Å². The Hall–Kier alpha value is -0.570. The number of nitrogens with one attached hydrogen (secondary N) is 1. The normalized spacial score (nSPS) is 24.0.